The summed E-state index contributed by atoms with van der Waals surface area (Å²) >= 11 is 0. The molecule has 0 bridgehead atoms. The van der Waals surface area contributed by atoms with Crippen LogP contribution in [-0.4, -0.2) is 42.4 Å². The van der Waals surface area contributed by atoms with Gasteiger partial charge < -0.3 is 5.11 Å². The highest BCUT2D eigenvalue weighted by molar-refractivity contribution is 7.87. The first-order chi connectivity index (χ1) is 8.38. The third kappa shape index (κ3) is 3.21. The molecule has 106 valence electrons. The van der Waals surface area contributed by atoms with Crippen LogP contribution in [0.15, 0.2) is 0 Å². The first kappa shape index (κ1) is 15.4. The molecule has 0 saturated heterocycles. The normalized spacial score (nSPS) is 18.6. The van der Waals surface area contributed by atoms with E-state index in [4.69, 9.17) is 5.11 Å². The van der Waals surface area contributed by atoms with Gasteiger partial charge in [0.2, 0.25) is 0 Å². The van der Waals surface area contributed by atoms with Gasteiger partial charge in [-0.25, -0.2) is 0 Å². The van der Waals surface area contributed by atoms with Crippen molar-refractivity contribution in [2.75, 3.05) is 13.1 Å². The second-order valence-corrected chi connectivity index (χ2v) is 6.42. The molecule has 0 heterocycles. The Morgan fingerprint density at radius 2 is 1.78 bits per heavy atom. The lowest BCUT2D eigenvalue weighted by atomic mass is 9.78. The summed E-state index contributed by atoms with van der Waals surface area (Å²) < 4.78 is 28.1. The van der Waals surface area contributed by atoms with Crippen LogP contribution in [-0.2, 0) is 15.0 Å². The largest absolute Gasteiger partial charge is 0.480 e. The maximum Gasteiger partial charge on any atom is 0.324 e. The summed E-state index contributed by atoms with van der Waals surface area (Å²) in [5.74, 6) is -1.08. The quantitative estimate of drug-likeness (QED) is 0.692. The summed E-state index contributed by atoms with van der Waals surface area (Å²) in [4.78, 5) is 11.2. The average molecular weight is 278 g/mol. The van der Waals surface area contributed by atoms with Gasteiger partial charge in [0.15, 0.2) is 0 Å². The van der Waals surface area contributed by atoms with Crippen molar-refractivity contribution in [3.8, 4) is 0 Å². The zero-order valence-corrected chi connectivity index (χ0v) is 11.8. The number of hydrogen-bond donors (Lipinski definition) is 2. The van der Waals surface area contributed by atoms with Crippen molar-refractivity contribution in [3.05, 3.63) is 0 Å². The number of carboxylic acid groups (broad SMARTS) is 1. The van der Waals surface area contributed by atoms with E-state index in [1.807, 2.05) is 13.8 Å². The number of aliphatic carboxylic acids is 1. The van der Waals surface area contributed by atoms with E-state index in [0.717, 1.165) is 6.42 Å². The maximum atomic E-state index is 12.2. The fourth-order valence-electron chi connectivity index (χ4n) is 2.05. The lowest BCUT2D eigenvalue weighted by Crippen LogP contribution is -2.61. The molecule has 18 heavy (non-hydrogen) atoms. The summed E-state index contributed by atoms with van der Waals surface area (Å²) in [5.41, 5.74) is -1.28. The second-order valence-electron chi connectivity index (χ2n) is 4.75. The molecule has 0 aromatic rings. The number of rotatable bonds is 8. The summed E-state index contributed by atoms with van der Waals surface area (Å²) in [6.07, 6.45) is 2.90. The minimum atomic E-state index is -3.71. The Balaban J connectivity index is 2.81. The molecule has 1 fully saturated rings. The molecule has 6 nitrogen and oxygen atoms in total. The Morgan fingerprint density at radius 3 is 2.06 bits per heavy atom. The standard InChI is InChI=1S/C11H22N2O4S/c1-3-8-13(9-4-2)18(16,17)12-11(10(14)15)6-5-7-11/h12H,3-9H2,1-2H3,(H,14,15). The van der Waals surface area contributed by atoms with Crippen LogP contribution >= 0.6 is 0 Å². The molecule has 0 spiro atoms. The molecule has 0 amide bonds. The molecule has 0 aliphatic heterocycles. The molecular weight excluding hydrogens is 256 g/mol. The monoisotopic (exact) mass is 278 g/mol. The Labute approximate surface area is 109 Å². The van der Waals surface area contributed by atoms with Crippen molar-refractivity contribution in [2.45, 2.75) is 51.5 Å². The summed E-state index contributed by atoms with van der Waals surface area (Å²) in [5, 5.41) is 9.14. The molecule has 1 saturated carbocycles. The zero-order chi connectivity index (χ0) is 13.8. The van der Waals surface area contributed by atoms with Crippen LogP contribution in [0.4, 0.5) is 0 Å². The number of carboxylic acids is 1. The van der Waals surface area contributed by atoms with Crippen LogP contribution in [0, 0.1) is 0 Å². The lowest BCUT2D eigenvalue weighted by Gasteiger charge is -2.39. The third-order valence-corrected chi connectivity index (χ3v) is 4.92. The van der Waals surface area contributed by atoms with Gasteiger partial charge in [-0.1, -0.05) is 13.8 Å². The maximum absolute atomic E-state index is 12.2. The smallest absolute Gasteiger partial charge is 0.324 e. The van der Waals surface area contributed by atoms with Crippen molar-refractivity contribution < 1.29 is 18.3 Å². The van der Waals surface area contributed by atoms with E-state index >= 15 is 0 Å². The molecule has 0 atom stereocenters. The fourth-order valence-corrected chi connectivity index (χ4v) is 3.81. The Morgan fingerprint density at radius 1 is 1.28 bits per heavy atom. The topological polar surface area (TPSA) is 86.7 Å². The average Bonchev–Trinajstić information content (AvgIpc) is 2.23. The number of carbonyl (C=O) groups is 1. The molecule has 1 aliphatic rings. The Hall–Kier alpha value is -0.660. The lowest BCUT2D eigenvalue weighted by molar-refractivity contribution is -0.147. The van der Waals surface area contributed by atoms with E-state index in [2.05, 4.69) is 4.72 Å². The highest BCUT2D eigenvalue weighted by Gasteiger charge is 2.48. The molecule has 0 unspecified atom stereocenters. The van der Waals surface area contributed by atoms with E-state index in [1.54, 1.807) is 0 Å². The third-order valence-electron chi connectivity index (χ3n) is 3.23. The van der Waals surface area contributed by atoms with Crippen LogP contribution in [0.5, 0.6) is 0 Å². The van der Waals surface area contributed by atoms with Crippen molar-refractivity contribution in [2.24, 2.45) is 0 Å². The Bertz CT molecular complexity index is 384. The SMILES string of the molecule is CCCN(CCC)S(=O)(=O)NC1(C(=O)O)CCC1. The zero-order valence-electron chi connectivity index (χ0n) is 11.0. The summed E-state index contributed by atoms with van der Waals surface area (Å²) in [6, 6.07) is 0. The van der Waals surface area contributed by atoms with Gasteiger partial charge in [-0.15, -0.1) is 0 Å². The number of nitrogens with one attached hydrogen (secondary N) is 1. The van der Waals surface area contributed by atoms with Crippen LogP contribution < -0.4 is 4.72 Å². The highest BCUT2D eigenvalue weighted by atomic mass is 32.2. The number of hydrogen-bond acceptors (Lipinski definition) is 3. The second kappa shape index (κ2) is 5.99. The van der Waals surface area contributed by atoms with E-state index in [9.17, 15) is 13.2 Å². The van der Waals surface area contributed by atoms with Crippen molar-refractivity contribution in [3.63, 3.8) is 0 Å². The van der Waals surface area contributed by atoms with E-state index in [0.29, 0.717) is 38.8 Å². The van der Waals surface area contributed by atoms with Gasteiger partial charge in [0.05, 0.1) is 0 Å². The molecule has 1 aliphatic carbocycles. The molecule has 0 radical (unpaired) electrons. The summed E-state index contributed by atoms with van der Waals surface area (Å²) in [6.45, 7) is 4.63. The van der Waals surface area contributed by atoms with Gasteiger partial charge in [-0.3, -0.25) is 4.79 Å². The van der Waals surface area contributed by atoms with Crippen LogP contribution in [0.25, 0.3) is 0 Å². The predicted molar refractivity (Wildman–Crippen MR) is 68.4 cm³/mol. The van der Waals surface area contributed by atoms with E-state index in [-0.39, 0.29) is 0 Å². The van der Waals surface area contributed by atoms with Gasteiger partial charge in [-0.05, 0) is 32.1 Å². The molecule has 7 heteroatoms. The fraction of sp³-hybridized carbons (Fsp3) is 0.909. The molecular formula is C11H22N2O4S. The van der Waals surface area contributed by atoms with E-state index < -0.39 is 21.7 Å². The van der Waals surface area contributed by atoms with Crippen LogP contribution in [0.1, 0.15) is 46.0 Å². The number of nitrogens with zero attached hydrogens (tertiary/aromatic N) is 1. The first-order valence-electron chi connectivity index (χ1n) is 6.40. The Kier molecular flexibility index (Phi) is 5.12. The van der Waals surface area contributed by atoms with Crippen LogP contribution in [0.3, 0.4) is 0 Å². The van der Waals surface area contributed by atoms with E-state index in [1.165, 1.54) is 4.31 Å². The van der Waals surface area contributed by atoms with Gasteiger partial charge >= 0.3 is 5.97 Å². The predicted octanol–water partition coefficient (Wildman–Crippen LogP) is 0.950. The first-order valence-corrected chi connectivity index (χ1v) is 7.84. The van der Waals surface area contributed by atoms with Gasteiger partial charge in [0.1, 0.15) is 5.54 Å². The van der Waals surface area contributed by atoms with Gasteiger partial charge in [0, 0.05) is 13.1 Å². The minimum absolute atomic E-state index is 0.369. The molecule has 0 aromatic heterocycles. The molecule has 2 N–H and O–H groups in total. The van der Waals surface area contributed by atoms with Gasteiger partial charge in [-0.2, -0.15) is 17.4 Å². The molecule has 1 rings (SSSR count). The summed E-state index contributed by atoms with van der Waals surface area (Å²) in [7, 11) is -3.71. The molecule has 0 aromatic carbocycles. The minimum Gasteiger partial charge on any atom is -0.480 e. The van der Waals surface area contributed by atoms with Crippen molar-refractivity contribution >= 4 is 16.2 Å². The van der Waals surface area contributed by atoms with Crippen molar-refractivity contribution in [1.29, 1.82) is 0 Å². The highest BCUT2D eigenvalue weighted by Crippen LogP contribution is 2.33. The van der Waals surface area contributed by atoms with Gasteiger partial charge in [0.25, 0.3) is 10.2 Å². The van der Waals surface area contributed by atoms with Crippen molar-refractivity contribution in [1.82, 2.24) is 9.03 Å². The van der Waals surface area contributed by atoms with Crippen LogP contribution in [0.2, 0.25) is 0 Å².